The molecule has 0 aliphatic carbocycles. The molecule has 0 unspecified atom stereocenters. The van der Waals surface area contributed by atoms with Crippen LogP contribution >= 0.6 is 35.0 Å². The van der Waals surface area contributed by atoms with Crippen LogP contribution in [0.15, 0.2) is 52.1 Å². The Morgan fingerprint density at radius 1 is 1.14 bits per heavy atom. The van der Waals surface area contributed by atoms with Gasteiger partial charge in [0, 0.05) is 15.7 Å². The van der Waals surface area contributed by atoms with Gasteiger partial charge in [-0.15, -0.1) is 0 Å². The highest BCUT2D eigenvalue weighted by Crippen LogP contribution is 2.25. The van der Waals surface area contributed by atoms with Crippen LogP contribution in [-0.4, -0.2) is 16.6 Å². The largest absolute Gasteiger partial charge is 0.431 e. The number of carbonyl (C=O) groups is 1. The quantitative estimate of drug-likeness (QED) is 0.680. The van der Waals surface area contributed by atoms with Gasteiger partial charge < -0.3 is 9.73 Å². The van der Waals surface area contributed by atoms with Crippen LogP contribution in [-0.2, 0) is 4.79 Å². The van der Waals surface area contributed by atoms with Crippen molar-refractivity contribution in [2.45, 2.75) is 5.22 Å². The molecule has 112 valence electrons. The third-order valence-corrected chi connectivity index (χ3v) is 4.10. The van der Waals surface area contributed by atoms with Crippen molar-refractivity contribution in [1.29, 1.82) is 0 Å². The van der Waals surface area contributed by atoms with E-state index in [9.17, 15) is 4.79 Å². The monoisotopic (exact) mass is 352 g/mol. The normalized spacial score (nSPS) is 10.8. The fraction of sp³-hybridized carbons (Fsp3) is 0.0667. The van der Waals surface area contributed by atoms with E-state index in [0.29, 0.717) is 32.1 Å². The molecule has 0 saturated carbocycles. The van der Waals surface area contributed by atoms with Crippen molar-refractivity contribution < 1.29 is 9.21 Å². The van der Waals surface area contributed by atoms with E-state index in [-0.39, 0.29) is 11.7 Å². The maximum Gasteiger partial charge on any atom is 0.257 e. The standard InChI is InChI=1S/C15H10Cl2N2O2S/c16-9-1-4-11(5-2-9)18-14(20)8-22-15-19-12-7-10(17)3-6-13(12)21-15/h1-7H,8H2,(H,18,20). The van der Waals surface area contributed by atoms with Crippen LogP contribution in [0.3, 0.4) is 0 Å². The van der Waals surface area contributed by atoms with Crippen molar-refractivity contribution in [1.82, 2.24) is 4.98 Å². The molecule has 7 heteroatoms. The number of hydrogen-bond acceptors (Lipinski definition) is 4. The first-order valence-electron chi connectivity index (χ1n) is 6.34. The minimum absolute atomic E-state index is 0.146. The Hall–Kier alpha value is -1.69. The summed E-state index contributed by atoms with van der Waals surface area (Å²) in [4.78, 5) is 16.2. The Kier molecular flexibility index (Phi) is 4.57. The molecule has 0 saturated heterocycles. The van der Waals surface area contributed by atoms with Crippen LogP contribution < -0.4 is 5.32 Å². The lowest BCUT2D eigenvalue weighted by molar-refractivity contribution is -0.113. The van der Waals surface area contributed by atoms with Gasteiger partial charge in [-0.1, -0.05) is 35.0 Å². The lowest BCUT2D eigenvalue weighted by Gasteiger charge is -2.03. The smallest absolute Gasteiger partial charge is 0.257 e. The SMILES string of the molecule is O=C(CSc1nc2cc(Cl)ccc2o1)Nc1ccc(Cl)cc1. The number of anilines is 1. The summed E-state index contributed by atoms with van der Waals surface area (Å²) >= 11 is 12.9. The Bertz CT molecular complexity index is 818. The van der Waals surface area contributed by atoms with Crippen LogP contribution in [0.5, 0.6) is 0 Å². The molecular weight excluding hydrogens is 343 g/mol. The molecule has 0 radical (unpaired) electrons. The zero-order valence-electron chi connectivity index (χ0n) is 11.2. The molecule has 1 N–H and O–H groups in total. The molecule has 1 amide bonds. The van der Waals surface area contributed by atoms with Crippen molar-refractivity contribution in [3.8, 4) is 0 Å². The van der Waals surface area contributed by atoms with Gasteiger partial charge in [0.25, 0.3) is 5.22 Å². The van der Waals surface area contributed by atoms with E-state index in [1.807, 2.05) is 0 Å². The highest BCUT2D eigenvalue weighted by atomic mass is 35.5. The molecule has 0 aliphatic rings. The number of halogens is 2. The minimum atomic E-state index is -0.146. The van der Waals surface area contributed by atoms with Gasteiger partial charge >= 0.3 is 0 Å². The molecule has 22 heavy (non-hydrogen) atoms. The Balaban J connectivity index is 1.61. The predicted octanol–water partition coefficient (Wildman–Crippen LogP) is 4.87. The van der Waals surface area contributed by atoms with E-state index >= 15 is 0 Å². The predicted molar refractivity (Wildman–Crippen MR) is 89.8 cm³/mol. The molecule has 4 nitrogen and oxygen atoms in total. The Morgan fingerprint density at radius 2 is 1.86 bits per heavy atom. The summed E-state index contributed by atoms with van der Waals surface area (Å²) in [5, 5.41) is 4.43. The number of nitrogens with one attached hydrogen (secondary N) is 1. The van der Waals surface area contributed by atoms with Gasteiger partial charge in [0.05, 0.1) is 5.75 Å². The van der Waals surface area contributed by atoms with Crippen LogP contribution in [0.1, 0.15) is 0 Å². The third-order valence-electron chi connectivity index (χ3n) is 2.78. The average Bonchev–Trinajstić information content (AvgIpc) is 2.89. The number of oxazole rings is 1. The average molecular weight is 353 g/mol. The summed E-state index contributed by atoms with van der Waals surface area (Å²) in [7, 11) is 0. The van der Waals surface area contributed by atoms with Gasteiger partial charge in [-0.25, -0.2) is 4.98 Å². The zero-order valence-corrected chi connectivity index (χ0v) is 13.5. The van der Waals surface area contributed by atoms with Gasteiger partial charge in [0.15, 0.2) is 5.58 Å². The van der Waals surface area contributed by atoms with Gasteiger partial charge in [-0.3, -0.25) is 4.79 Å². The van der Waals surface area contributed by atoms with Crippen molar-refractivity contribution in [2.24, 2.45) is 0 Å². The van der Waals surface area contributed by atoms with E-state index in [1.54, 1.807) is 42.5 Å². The van der Waals surface area contributed by atoms with Gasteiger partial charge in [-0.05, 0) is 42.5 Å². The fourth-order valence-electron chi connectivity index (χ4n) is 1.80. The van der Waals surface area contributed by atoms with Crippen molar-refractivity contribution in [3.63, 3.8) is 0 Å². The molecule has 0 spiro atoms. The Morgan fingerprint density at radius 3 is 2.64 bits per heavy atom. The summed E-state index contributed by atoms with van der Waals surface area (Å²) in [5.74, 6) is 0.0519. The first-order chi connectivity index (χ1) is 10.6. The van der Waals surface area contributed by atoms with Crippen molar-refractivity contribution in [2.75, 3.05) is 11.1 Å². The minimum Gasteiger partial charge on any atom is -0.431 e. The second kappa shape index (κ2) is 6.60. The van der Waals surface area contributed by atoms with Crippen LogP contribution in [0, 0.1) is 0 Å². The molecule has 2 aromatic carbocycles. The van der Waals surface area contributed by atoms with E-state index in [2.05, 4.69) is 10.3 Å². The number of rotatable bonds is 4. The van der Waals surface area contributed by atoms with Gasteiger partial charge in [0.2, 0.25) is 5.91 Å². The molecule has 0 fully saturated rings. The highest BCUT2D eigenvalue weighted by Gasteiger charge is 2.10. The first-order valence-corrected chi connectivity index (χ1v) is 8.08. The zero-order chi connectivity index (χ0) is 15.5. The fourth-order valence-corrected chi connectivity index (χ4v) is 2.73. The van der Waals surface area contributed by atoms with Crippen LogP contribution in [0.25, 0.3) is 11.1 Å². The summed E-state index contributed by atoms with van der Waals surface area (Å²) in [5.41, 5.74) is 2.01. The van der Waals surface area contributed by atoms with E-state index in [0.717, 1.165) is 0 Å². The lowest BCUT2D eigenvalue weighted by Crippen LogP contribution is -2.13. The van der Waals surface area contributed by atoms with Crippen LogP contribution in [0.4, 0.5) is 5.69 Å². The molecule has 0 aliphatic heterocycles. The number of fused-ring (bicyclic) bond motifs is 1. The van der Waals surface area contributed by atoms with Crippen molar-refractivity contribution >= 4 is 57.7 Å². The second-order valence-corrected chi connectivity index (χ2v) is 6.24. The second-order valence-electron chi connectivity index (χ2n) is 4.44. The summed E-state index contributed by atoms with van der Waals surface area (Å²) in [6, 6.07) is 12.1. The van der Waals surface area contributed by atoms with E-state index < -0.39 is 0 Å². The maximum absolute atomic E-state index is 11.9. The summed E-state index contributed by atoms with van der Waals surface area (Å²) < 4.78 is 5.54. The number of nitrogens with zero attached hydrogens (tertiary/aromatic N) is 1. The highest BCUT2D eigenvalue weighted by molar-refractivity contribution is 7.99. The summed E-state index contributed by atoms with van der Waals surface area (Å²) in [6.45, 7) is 0. The molecule has 0 atom stereocenters. The number of amides is 1. The number of carbonyl (C=O) groups excluding carboxylic acids is 1. The molecule has 1 aromatic heterocycles. The molecular formula is C15H10Cl2N2O2S. The lowest BCUT2D eigenvalue weighted by atomic mass is 10.3. The molecule has 3 aromatic rings. The number of hydrogen-bond donors (Lipinski definition) is 1. The van der Waals surface area contributed by atoms with Gasteiger partial charge in [-0.2, -0.15) is 0 Å². The third kappa shape index (κ3) is 3.74. The van der Waals surface area contributed by atoms with E-state index in [1.165, 1.54) is 11.8 Å². The first kappa shape index (κ1) is 15.2. The molecule has 1 heterocycles. The van der Waals surface area contributed by atoms with Gasteiger partial charge in [0.1, 0.15) is 5.52 Å². The van der Waals surface area contributed by atoms with E-state index in [4.69, 9.17) is 27.6 Å². The topological polar surface area (TPSA) is 55.1 Å². The van der Waals surface area contributed by atoms with Crippen molar-refractivity contribution in [3.05, 3.63) is 52.5 Å². The summed E-state index contributed by atoms with van der Waals surface area (Å²) in [6.07, 6.45) is 0. The number of aromatic nitrogens is 1. The number of benzene rings is 2. The number of thioether (sulfide) groups is 1. The Labute approximate surface area is 140 Å². The maximum atomic E-state index is 11.9. The molecule has 3 rings (SSSR count). The molecule has 0 bridgehead atoms. The van der Waals surface area contributed by atoms with Crippen LogP contribution in [0.2, 0.25) is 10.0 Å².